The van der Waals surface area contributed by atoms with Gasteiger partial charge >= 0.3 is 0 Å². The Morgan fingerprint density at radius 3 is 2.77 bits per heavy atom. The number of rotatable bonds is 4. The molecule has 2 bridgehead atoms. The number of fused-ring (bicyclic) bond motifs is 5. The Labute approximate surface area is 316 Å². The molecule has 10 nitrogen and oxygen atoms in total. The molecule has 0 radical (unpaired) electrons. The Morgan fingerprint density at radius 2 is 1.96 bits per heavy atom. The van der Waals surface area contributed by atoms with Crippen molar-refractivity contribution in [2.24, 2.45) is 22.1 Å². The van der Waals surface area contributed by atoms with Crippen molar-refractivity contribution in [1.29, 1.82) is 0 Å². The molecular weight excluding hydrogens is 710 g/mol. The number of benzene rings is 3. The van der Waals surface area contributed by atoms with E-state index in [1.807, 2.05) is 31.2 Å². The Kier molecular flexibility index (Phi) is 9.84. The summed E-state index contributed by atoms with van der Waals surface area (Å²) in [4.78, 5) is 25.5. The number of aromatic nitrogens is 2. The number of hydrogen-bond donors (Lipinski definition) is 1. The van der Waals surface area contributed by atoms with Crippen molar-refractivity contribution < 1.29 is 23.2 Å². The van der Waals surface area contributed by atoms with Gasteiger partial charge in [-0.1, -0.05) is 36.7 Å². The molecule has 1 fully saturated rings. The Morgan fingerprint density at radius 1 is 1.08 bits per heavy atom. The maximum absolute atomic E-state index is 14.9. The zero-order valence-corrected chi connectivity index (χ0v) is 32.0. The molecule has 53 heavy (non-hydrogen) atoms. The van der Waals surface area contributed by atoms with Crippen LogP contribution in [0.2, 0.25) is 5.02 Å². The second-order valence-electron chi connectivity index (χ2n) is 15.2. The minimum absolute atomic E-state index is 0.0347. The minimum Gasteiger partial charge on any atom is -0.497 e. The summed E-state index contributed by atoms with van der Waals surface area (Å²) in [7, 11) is 0.00828. The number of nitrogens with one attached hydrogen (secondary N) is 1. The van der Waals surface area contributed by atoms with Crippen LogP contribution in [0.4, 0.5) is 11.5 Å². The number of anilines is 2. The monoisotopic (exact) mass is 755 g/mol. The largest absolute Gasteiger partial charge is 0.497 e. The van der Waals surface area contributed by atoms with Gasteiger partial charge in [0.15, 0.2) is 0 Å². The number of hydrogen-bond acceptors (Lipinski definition) is 8. The van der Waals surface area contributed by atoms with Crippen LogP contribution < -0.4 is 19.1 Å². The lowest BCUT2D eigenvalue weighted by atomic mass is 9.68. The Bertz CT molecular complexity index is 2200. The van der Waals surface area contributed by atoms with Crippen molar-refractivity contribution in [3.8, 4) is 11.5 Å². The third kappa shape index (κ3) is 7.11. The maximum Gasteiger partial charge on any atom is 0.286 e. The van der Waals surface area contributed by atoms with Crippen LogP contribution in [-0.4, -0.2) is 65.9 Å². The van der Waals surface area contributed by atoms with Crippen molar-refractivity contribution in [2.45, 2.75) is 57.0 Å². The lowest BCUT2D eigenvalue weighted by molar-refractivity contribution is 0.0131. The van der Waals surface area contributed by atoms with E-state index >= 15 is 0 Å². The molecule has 1 aromatic heterocycles. The third-order valence-electron chi connectivity index (χ3n) is 11.6. The minimum atomic E-state index is -3.37. The molecule has 278 valence electrons. The van der Waals surface area contributed by atoms with Crippen LogP contribution in [0.15, 0.2) is 77.4 Å². The van der Waals surface area contributed by atoms with Gasteiger partial charge in [-0.05, 0) is 110 Å². The quantitative estimate of drug-likeness (QED) is 0.208. The molecule has 3 heterocycles. The second kappa shape index (κ2) is 14.6. The summed E-state index contributed by atoms with van der Waals surface area (Å²) in [6.07, 6.45) is 11.5. The fraction of sp³-hybridized carbons (Fsp3) is 0.439. The van der Waals surface area contributed by atoms with Crippen molar-refractivity contribution in [3.63, 3.8) is 0 Å². The number of allylic oxidation sites excluding steroid dienone is 1. The number of aryl methyl sites for hydroxylation is 1. The molecule has 12 heteroatoms. The highest BCUT2D eigenvalue weighted by molar-refractivity contribution is 7.95. The molecule has 8 rings (SSSR count). The zero-order valence-electron chi connectivity index (χ0n) is 30.4. The van der Waals surface area contributed by atoms with E-state index in [4.69, 9.17) is 25.8 Å². The summed E-state index contributed by atoms with van der Waals surface area (Å²) in [6.45, 7) is 4.08. The van der Waals surface area contributed by atoms with E-state index in [0.29, 0.717) is 52.9 Å². The average Bonchev–Trinajstić information content (AvgIpc) is 3.28. The summed E-state index contributed by atoms with van der Waals surface area (Å²) < 4.78 is 40.7. The first-order chi connectivity index (χ1) is 25.7. The van der Waals surface area contributed by atoms with Gasteiger partial charge in [0.1, 0.15) is 33.6 Å². The molecule has 0 saturated heterocycles. The fourth-order valence-electron chi connectivity index (χ4n) is 8.76. The topological polar surface area (TPSA) is 115 Å². The van der Waals surface area contributed by atoms with Crippen LogP contribution in [0.3, 0.4) is 0 Å². The van der Waals surface area contributed by atoms with Crippen molar-refractivity contribution in [2.75, 3.05) is 49.3 Å². The number of ether oxygens (including phenoxy) is 3. The lowest BCUT2D eigenvalue weighted by Gasteiger charge is -2.46. The molecule has 1 N–H and O–H groups in total. The fourth-order valence-corrected chi connectivity index (χ4v) is 10.9. The smallest absolute Gasteiger partial charge is 0.286 e. The van der Waals surface area contributed by atoms with E-state index in [1.54, 1.807) is 32.4 Å². The highest BCUT2D eigenvalue weighted by Gasteiger charge is 2.44. The van der Waals surface area contributed by atoms with Crippen LogP contribution in [0, 0.1) is 17.8 Å². The molecule has 6 atom stereocenters. The van der Waals surface area contributed by atoms with Crippen LogP contribution in [-0.2, 0) is 26.5 Å². The lowest BCUT2D eigenvalue weighted by Crippen LogP contribution is -2.49. The standard InChI is InChI=1S/C41H46ClN5O5S/c1-26-6-4-8-37(51-3)32-13-9-29(32)21-47-23-41(17-5-7-27-18-30(42)11-15-34(27)41)24-52-38-16-10-28(19-36(38)47)40(48)46-53(49,22-26)45-39-33-14-12-31(50-2)20-35(33)43-25-44-39/h4,8,10-12,14-16,18-20,25-26,29,32,37H,5-7,9,13,17,21-24H2,1-3H3,(H,43,44,45,46,48,49)/b8-4-/t26-,29-,32+,37-,41-,53?/m0/s1. The van der Waals surface area contributed by atoms with Crippen molar-refractivity contribution in [1.82, 2.24) is 9.97 Å². The second-order valence-corrected chi connectivity index (χ2v) is 17.6. The van der Waals surface area contributed by atoms with Crippen molar-refractivity contribution in [3.05, 3.63) is 94.8 Å². The predicted octanol–water partition coefficient (Wildman–Crippen LogP) is 8.04. The highest BCUT2D eigenvalue weighted by Crippen LogP contribution is 2.47. The zero-order chi connectivity index (χ0) is 36.7. The normalized spacial score (nSPS) is 29.1. The van der Waals surface area contributed by atoms with Gasteiger partial charge in [-0.2, -0.15) is 0 Å². The van der Waals surface area contributed by atoms with Gasteiger partial charge in [0.2, 0.25) is 0 Å². The van der Waals surface area contributed by atoms with Crippen LogP contribution >= 0.6 is 11.6 Å². The van der Waals surface area contributed by atoms with E-state index in [0.717, 1.165) is 61.7 Å². The van der Waals surface area contributed by atoms with E-state index in [9.17, 15) is 9.00 Å². The summed E-state index contributed by atoms with van der Waals surface area (Å²) in [5, 5.41) is 1.40. The third-order valence-corrected chi connectivity index (χ3v) is 13.8. The van der Waals surface area contributed by atoms with Gasteiger partial charge in [-0.25, -0.2) is 14.2 Å². The Hall–Kier alpha value is -4.19. The highest BCUT2D eigenvalue weighted by atomic mass is 35.5. The molecule has 1 spiro atoms. The molecule has 1 amide bonds. The number of halogens is 1. The molecular formula is C41H46ClN5O5S. The van der Waals surface area contributed by atoms with Gasteiger partial charge in [0.05, 0.1) is 36.8 Å². The Balaban J connectivity index is 1.22. The summed E-state index contributed by atoms with van der Waals surface area (Å²) in [6, 6.07) is 17.2. The molecule has 2 aliphatic heterocycles. The predicted molar refractivity (Wildman–Crippen MR) is 210 cm³/mol. The van der Waals surface area contributed by atoms with Crippen LogP contribution in [0.25, 0.3) is 10.9 Å². The van der Waals surface area contributed by atoms with Crippen LogP contribution in [0.1, 0.15) is 60.5 Å². The maximum atomic E-state index is 14.9. The number of carbonyl (C=O) groups excluding carboxylic acids is 1. The molecule has 4 aliphatic rings. The van der Waals surface area contributed by atoms with Gasteiger partial charge in [0.25, 0.3) is 5.91 Å². The molecule has 1 saturated carbocycles. The van der Waals surface area contributed by atoms with Crippen molar-refractivity contribution >= 4 is 49.8 Å². The first kappa shape index (κ1) is 35.8. The van der Waals surface area contributed by atoms with Gasteiger partial charge < -0.3 is 19.1 Å². The number of methoxy groups -OCH3 is 2. The van der Waals surface area contributed by atoms with Crippen LogP contribution in [0.5, 0.6) is 11.5 Å². The number of carbonyl (C=O) groups is 1. The SMILES string of the molecule is COc1ccc2c(NS3(=O)=NC(=O)c4ccc5c(c4)N(C[C@@H]4CC[C@H]4[C@@H](OC)/C=C\C[C@H](C)C3)C[C@@]3(CCCc4cc(Cl)ccc43)CO5)ncnc2c1. The van der Waals surface area contributed by atoms with Gasteiger partial charge in [-0.3, -0.25) is 9.52 Å². The number of amides is 1. The molecule has 3 aromatic carbocycles. The van der Waals surface area contributed by atoms with E-state index in [2.05, 4.69) is 48.2 Å². The summed E-state index contributed by atoms with van der Waals surface area (Å²) >= 11 is 6.48. The number of nitrogens with zero attached hydrogens (tertiary/aromatic N) is 4. The van der Waals surface area contributed by atoms with Gasteiger partial charge in [-0.15, -0.1) is 4.36 Å². The van der Waals surface area contributed by atoms with E-state index in [1.165, 1.54) is 17.5 Å². The molecule has 2 aliphatic carbocycles. The van der Waals surface area contributed by atoms with E-state index in [-0.39, 0.29) is 23.2 Å². The first-order valence-electron chi connectivity index (χ1n) is 18.5. The molecule has 1 unspecified atom stereocenters. The van der Waals surface area contributed by atoms with E-state index < -0.39 is 15.8 Å². The van der Waals surface area contributed by atoms with Gasteiger partial charge in [0, 0.05) is 47.7 Å². The first-order valence-corrected chi connectivity index (χ1v) is 20.6. The summed E-state index contributed by atoms with van der Waals surface area (Å²) in [5.74, 6) is 1.97. The average molecular weight is 756 g/mol. The molecule has 4 aromatic rings. The summed E-state index contributed by atoms with van der Waals surface area (Å²) in [5.41, 5.74) is 4.15.